The Hall–Kier alpha value is -3.73. The number of ether oxygens (including phenoxy) is 3. The molecule has 11 heteroatoms. The minimum absolute atomic E-state index is 0.0272. The van der Waals surface area contributed by atoms with Crippen molar-refractivity contribution in [2.45, 2.75) is 18.2 Å². The molecule has 0 bridgehead atoms. The number of amides is 2. The number of benzene rings is 2. The zero-order chi connectivity index (χ0) is 22.5. The second-order valence-corrected chi connectivity index (χ2v) is 7.70. The van der Waals surface area contributed by atoms with Gasteiger partial charge in [-0.3, -0.25) is 25.0 Å². The van der Waals surface area contributed by atoms with E-state index in [4.69, 9.17) is 14.2 Å². The molecule has 1 aromatic heterocycles. The molecule has 166 valence electrons. The van der Waals surface area contributed by atoms with Crippen LogP contribution in [0.3, 0.4) is 0 Å². The van der Waals surface area contributed by atoms with Gasteiger partial charge in [-0.1, -0.05) is 23.9 Å². The first kappa shape index (κ1) is 21.5. The molecule has 10 nitrogen and oxygen atoms in total. The summed E-state index contributed by atoms with van der Waals surface area (Å²) in [6.45, 7) is 1.88. The van der Waals surface area contributed by atoms with Gasteiger partial charge in [-0.25, -0.2) is 0 Å². The fourth-order valence-corrected chi connectivity index (χ4v) is 3.79. The van der Waals surface area contributed by atoms with Crippen LogP contribution in [0.1, 0.15) is 5.82 Å². The normalized spacial score (nSPS) is 14.5. The second-order valence-electron chi connectivity index (χ2n) is 6.75. The molecule has 2 N–H and O–H groups in total. The van der Waals surface area contributed by atoms with Crippen LogP contribution in [0.25, 0.3) is 5.69 Å². The zero-order valence-corrected chi connectivity index (χ0v) is 18.2. The lowest BCUT2D eigenvalue weighted by molar-refractivity contribution is -0.134. The highest BCUT2D eigenvalue weighted by Gasteiger charge is 2.27. The van der Waals surface area contributed by atoms with Crippen LogP contribution >= 0.6 is 11.8 Å². The van der Waals surface area contributed by atoms with Gasteiger partial charge in [0.05, 0.1) is 12.9 Å². The van der Waals surface area contributed by atoms with E-state index in [0.717, 1.165) is 11.4 Å². The molecule has 2 heterocycles. The molecule has 1 atom stereocenters. The Labute approximate surface area is 188 Å². The van der Waals surface area contributed by atoms with Gasteiger partial charge >= 0.3 is 0 Å². The molecule has 2 amide bonds. The Kier molecular flexibility index (Phi) is 6.45. The minimum Gasteiger partial charge on any atom is -0.497 e. The van der Waals surface area contributed by atoms with Crippen molar-refractivity contribution in [1.29, 1.82) is 0 Å². The van der Waals surface area contributed by atoms with Crippen molar-refractivity contribution in [1.82, 2.24) is 25.6 Å². The van der Waals surface area contributed by atoms with Crippen LogP contribution in [0.5, 0.6) is 17.2 Å². The van der Waals surface area contributed by atoms with E-state index in [9.17, 15) is 9.59 Å². The highest BCUT2D eigenvalue weighted by molar-refractivity contribution is 7.99. The third-order valence-electron chi connectivity index (χ3n) is 4.58. The monoisotopic (exact) mass is 455 g/mol. The first-order chi connectivity index (χ1) is 15.5. The molecule has 0 fully saturated rings. The van der Waals surface area contributed by atoms with Gasteiger partial charge in [0.1, 0.15) is 18.2 Å². The number of aryl methyl sites for hydroxylation is 1. The number of para-hydroxylation sites is 2. The van der Waals surface area contributed by atoms with E-state index in [2.05, 4.69) is 21.0 Å². The van der Waals surface area contributed by atoms with Crippen molar-refractivity contribution in [2.75, 3.05) is 19.5 Å². The molecule has 32 heavy (non-hydrogen) atoms. The summed E-state index contributed by atoms with van der Waals surface area (Å²) < 4.78 is 18.1. The average Bonchev–Trinajstić information content (AvgIpc) is 3.21. The number of fused-ring (bicyclic) bond motifs is 1. The quantitative estimate of drug-likeness (QED) is 0.426. The topological polar surface area (TPSA) is 117 Å². The summed E-state index contributed by atoms with van der Waals surface area (Å²) in [5.41, 5.74) is 5.60. The lowest BCUT2D eigenvalue weighted by atomic mass is 10.2. The molecule has 0 saturated heterocycles. The molecule has 0 radical (unpaired) electrons. The number of nitrogens with zero attached hydrogens (tertiary/aromatic N) is 3. The van der Waals surface area contributed by atoms with Gasteiger partial charge in [-0.15, -0.1) is 10.2 Å². The third kappa shape index (κ3) is 4.78. The molecule has 1 aliphatic rings. The van der Waals surface area contributed by atoms with Crippen LogP contribution in [0, 0.1) is 6.92 Å². The Morgan fingerprint density at radius 1 is 1.12 bits per heavy atom. The van der Waals surface area contributed by atoms with Crippen molar-refractivity contribution in [3.63, 3.8) is 0 Å². The Bertz CT molecular complexity index is 1120. The number of aromatic nitrogens is 3. The standard InChI is InChI=1S/C21H21N5O5S/c1-13-22-25-21(26(13)14-7-9-15(29-2)10-8-14)32-12-19(27)23-24-20(28)18-11-30-16-5-3-4-6-17(16)31-18/h3-10,18H,11-12H2,1-2H3,(H,23,27)(H,24,28). The van der Waals surface area contributed by atoms with Crippen LogP contribution in [0.15, 0.2) is 53.7 Å². The maximum absolute atomic E-state index is 12.3. The molecule has 1 aliphatic heterocycles. The van der Waals surface area contributed by atoms with Crippen molar-refractivity contribution >= 4 is 23.6 Å². The van der Waals surface area contributed by atoms with Crippen LogP contribution < -0.4 is 25.1 Å². The number of nitrogens with one attached hydrogen (secondary N) is 2. The number of rotatable bonds is 6. The summed E-state index contributed by atoms with van der Waals surface area (Å²) in [5, 5.41) is 8.78. The van der Waals surface area contributed by atoms with Crippen molar-refractivity contribution in [3.05, 3.63) is 54.4 Å². The number of carbonyl (C=O) groups excluding carboxylic acids is 2. The molecule has 1 unspecified atom stereocenters. The SMILES string of the molecule is COc1ccc(-n2c(C)nnc2SCC(=O)NNC(=O)C2COc3ccccc3O2)cc1. The molecular weight excluding hydrogens is 434 g/mol. The molecule has 2 aromatic carbocycles. The van der Waals surface area contributed by atoms with Crippen LogP contribution in [-0.4, -0.2) is 52.2 Å². The molecular formula is C21H21N5O5S. The van der Waals surface area contributed by atoms with Gasteiger partial charge in [-0.2, -0.15) is 0 Å². The minimum atomic E-state index is -0.862. The summed E-state index contributed by atoms with van der Waals surface area (Å²) in [7, 11) is 1.60. The summed E-state index contributed by atoms with van der Waals surface area (Å²) in [6, 6.07) is 14.5. The maximum Gasteiger partial charge on any atom is 0.283 e. The van der Waals surface area contributed by atoms with E-state index in [1.807, 2.05) is 41.8 Å². The fraction of sp³-hybridized carbons (Fsp3) is 0.238. The molecule has 0 saturated carbocycles. The van der Waals surface area contributed by atoms with Crippen LogP contribution in [0.2, 0.25) is 0 Å². The fourth-order valence-electron chi connectivity index (χ4n) is 2.99. The van der Waals surface area contributed by atoms with Crippen LogP contribution in [0.4, 0.5) is 0 Å². The van der Waals surface area contributed by atoms with Gasteiger partial charge < -0.3 is 14.2 Å². The van der Waals surface area contributed by atoms with Gasteiger partial charge in [0, 0.05) is 5.69 Å². The first-order valence-corrected chi connectivity index (χ1v) is 10.7. The predicted octanol–water partition coefficient (Wildman–Crippen LogP) is 1.66. The highest BCUT2D eigenvalue weighted by atomic mass is 32.2. The number of methoxy groups -OCH3 is 1. The van der Waals surface area contributed by atoms with Crippen molar-refractivity contribution < 1.29 is 23.8 Å². The lowest BCUT2D eigenvalue weighted by Crippen LogP contribution is -2.51. The molecule has 3 aromatic rings. The summed E-state index contributed by atoms with van der Waals surface area (Å²) in [5.74, 6) is 1.60. The Morgan fingerprint density at radius 2 is 1.88 bits per heavy atom. The summed E-state index contributed by atoms with van der Waals surface area (Å²) in [4.78, 5) is 24.6. The maximum atomic E-state index is 12.3. The lowest BCUT2D eigenvalue weighted by Gasteiger charge is -2.25. The second kappa shape index (κ2) is 9.60. The van der Waals surface area contributed by atoms with Gasteiger partial charge in [0.2, 0.25) is 12.0 Å². The number of hydrogen-bond donors (Lipinski definition) is 2. The summed E-state index contributed by atoms with van der Waals surface area (Å²) in [6.07, 6.45) is -0.862. The van der Waals surface area contributed by atoms with Gasteiger partial charge in [0.25, 0.3) is 5.91 Å². The third-order valence-corrected chi connectivity index (χ3v) is 5.51. The van der Waals surface area contributed by atoms with E-state index in [1.165, 1.54) is 11.8 Å². The van der Waals surface area contributed by atoms with Crippen molar-refractivity contribution in [2.24, 2.45) is 0 Å². The van der Waals surface area contributed by atoms with Crippen LogP contribution in [-0.2, 0) is 9.59 Å². The Morgan fingerprint density at radius 3 is 2.62 bits per heavy atom. The van der Waals surface area contributed by atoms with Gasteiger partial charge in [-0.05, 0) is 43.3 Å². The number of hydrogen-bond acceptors (Lipinski definition) is 8. The highest BCUT2D eigenvalue weighted by Crippen LogP contribution is 2.30. The summed E-state index contributed by atoms with van der Waals surface area (Å²) >= 11 is 1.20. The predicted molar refractivity (Wildman–Crippen MR) is 116 cm³/mol. The number of hydrazine groups is 1. The number of thioether (sulfide) groups is 1. The molecule has 0 aliphatic carbocycles. The first-order valence-electron chi connectivity index (χ1n) is 9.71. The van der Waals surface area contributed by atoms with E-state index in [1.54, 1.807) is 25.3 Å². The van der Waals surface area contributed by atoms with E-state index >= 15 is 0 Å². The van der Waals surface area contributed by atoms with E-state index < -0.39 is 17.9 Å². The van der Waals surface area contributed by atoms with Crippen molar-refractivity contribution in [3.8, 4) is 22.9 Å². The zero-order valence-electron chi connectivity index (χ0n) is 17.4. The molecule has 4 rings (SSSR count). The number of carbonyl (C=O) groups is 2. The van der Waals surface area contributed by atoms with E-state index in [0.29, 0.717) is 22.5 Å². The smallest absolute Gasteiger partial charge is 0.283 e. The van der Waals surface area contributed by atoms with E-state index in [-0.39, 0.29) is 12.4 Å². The Balaban J connectivity index is 1.30. The van der Waals surface area contributed by atoms with Gasteiger partial charge in [0.15, 0.2) is 16.7 Å². The molecule has 0 spiro atoms. The largest absolute Gasteiger partial charge is 0.497 e. The average molecular weight is 455 g/mol.